The fraction of sp³-hybridized carbons (Fsp3) is 0.481. The van der Waals surface area contributed by atoms with Crippen LogP contribution in [0, 0.1) is 0 Å². The number of benzene rings is 1. The summed E-state index contributed by atoms with van der Waals surface area (Å²) in [6.07, 6.45) is 4.60. The number of carbonyl (C=O) groups is 1. The Balaban J connectivity index is 1.47. The fourth-order valence-corrected chi connectivity index (χ4v) is 9.56. The standard InChI is InChI=1S/C27H30ClN2O3PS2/c1-26(2,3)36-29-13-17(12-27(29)6-4-7-27)30-23(32)15-33-21-10-16(28)9-20(24(21)30)19-5-8-34-22-11-18(14-31)35-25(19)22/h5,8-11,17,31H,4,6-7,12-15H2,1-3H3/t17-/m0/s1. The van der Waals surface area contributed by atoms with Crippen LogP contribution in [-0.4, -0.2) is 44.8 Å². The summed E-state index contributed by atoms with van der Waals surface area (Å²) in [6, 6.07) is 8.08. The van der Waals surface area contributed by atoms with Gasteiger partial charge in [-0.15, -0.1) is 11.3 Å². The molecule has 1 aromatic carbocycles. The normalized spacial score (nSPS) is 21.9. The maximum atomic E-state index is 13.6. The van der Waals surface area contributed by atoms with E-state index in [0.29, 0.717) is 10.8 Å². The second-order valence-electron chi connectivity index (χ2n) is 11.0. The minimum atomic E-state index is 0.00844. The first-order valence-corrected chi connectivity index (χ1v) is 15.3. The number of anilines is 1. The van der Waals surface area contributed by atoms with E-state index >= 15 is 0 Å². The summed E-state index contributed by atoms with van der Waals surface area (Å²) in [5, 5.41) is 11.5. The zero-order valence-electron chi connectivity index (χ0n) is 20.7. The number of thiophene rings is 1. The fourth-order valence-electron chi connectivity index (χ4n) is 5.80. The van der Waals surface area contributed by atoms with Crippen LogP contribution in [0.5, 0.6) is 5.75 Å². The molecule has 1 amide bonds. The molecule has 1 saturated heterocycles. The van der Waals surface area contributed by atoms with Crippen molar-refractivity contribution in [3.8, 4) is 16.9 Å². The van der Waals surface area contributed by atoms with E-state index in [9.17, 15) is 9.90 Å². The highest BCUT2D eigenvalue weighted by molar-refractivity contribution is 7.98. The molecule has 4 heterocycles. The molecule has 9 heteroatoms. The van der Waals surface area contributed by atoms with Gasteiger partial charge in [0.2, 0.25) is 0 Å². The molecule has 2 aliphatic heterocycles. The molecule has 1 saturated carbocycles. The zero-order valence-corrected chi connectivity index (χ0v) is 24.0. The molecule has 3 aromatic rings. The van der Waals surface area contributed by atoms with Crippen LogP contribution in [0.25, 0.3) is 20.9 Å². The number of ether oxygens (including phenoxy) is 1. The average molecular weight is 561 g/mol. The van der Waals surface area contributed by atoms with E-state index in [0.717, 1.165) is 47.5 Å². The predicted octanol–water partition coefficient (Wildman–Crippen LogP) is 7.46. The molecule has 5 nitrogen and oxygen atoms in total. The summed E-state index contributed by atoms with van der Waals surface area (Å²) < 4.78 is 9.80. The molecule has 0 bridgehead atoms. The first kappa shape index (κ1) is 25.0. The Morgan fingerprint density at radius 3 is 2.78 bits per heavy atom. The molecule has 36 heavy (non-hydrogen) atoms. The molecule has 6 rings (SSSR count). The number of aliphatic hydroxyl groups excluding tert-OH is 1. The summed E-state index contributed by atoms with van der Waals surface area (Å²) in [7, 11) is 1.11. The summed E-state index contributed by atoms with van der Waals surface area (Å²) in [4.78, 5) is 16.5. The van der Waals surface area contributed by atoms with Crippen molar-refractivity contribution in [2.24, 2.45) is 0 Å². The van der Waals surface area contributed by atoms with Crippen LogP contribution in [0.15, 0.2) is 30.1 Å². The van der Waals surface area contributed by atoms with Crippen molar-refractivity contribution < 1.29 is 14.6 Å². The van der Waals surface area contributed by atoms with Gasteiger partial charge >= 0.3 is 0 Å². The van der Waals surface area contributed by atoms with Gasteiger partial charge in [-0.3, -0.25) is 4.79 Å². The Hall–Kier alpha value is -1.34. The lowest BCUT2D eigenvalue weighted by Crippen LogP contribution is -2.48. The molecule has 0 unspecified atom stereocenters. The van der Waals surface area contributed by atoms with E-state index in [-0.39, 0.29) is 35.4 Å². The van der Waals surface area contributed by atoms with Gasteiger partial charge in [0.05, 0.1) is 18.3 Å². The Morgan fingerprint density at radius 1 is 1.28 bits per heavy atom. The Labute approximate surface area is 227 Å². The van der Waals surface area contributed by atoms with E-state index in [4.69, 9.17) is 16.3 Å². The number of halogens is 1. The topological polar surface area (TPSA) is 53.0 Å². The van der Waals surface area contributed by atoms with Gasteiger partial charge in [-0.25, -0.2) is 4.31 Å². The van der Waals surface area contributed by atoms with E-state index < -0.39 is 0 Å². The van der Waals surface area contributed by atoms with Crippen LogP contribution >= 0.6 is 43.1 Å². The smallest absolute Gasteiger partial charge is 0.265 e. The van der Waals surface area contributed by atoms with Crippen LogP contribution < -0.4 is 9.64 Å². The maximum Gasteiger partial charge on any atom is 0.265 e. The lowest BCUT2D eigenvalue weighted by molar-refractivity contribution is -0.121. The largest absolute Gasteiger partial charge is 0.481 e. The number of hydrogen-bond donors (Lipinski definition) is 1. The third-order valence-electron chi connectivity index (χ3n) is 7.36. The number of fused-ring (bicyclic) bond motifs is 2. The van der Waals surface area contributed by atoms with Crippen molar-refractivity contribution in [3.05, 3.63) is 40.0 Å². The first-order chi connectivity index (χ1) is 17.2. The average Bonchev–Trinajstić information content (AvgIpc) is 3.38. The first-order valence-electron chi connectivity index (χ1n) is 12.4. The van der Waals surface area contributed by atoms with Crippen LogP contribution in [0.2, 0.25) is 5.02 Å². The molecule has 1 N–H and O–H groups in total. The van der Waals surface area contributed by atoms with E-state index in [2.05, 4.69) is 43.0 Å². The van der Waals surface area contributed by atoms with E-state index in [1.54, 1.807) is 11.3 Å². The van der Waals surface area contributed by atoms with Crippen molar-refractivity contribution in [1.82, 2.24) is 4.31 Å². The van der Waals surface area contributed by atoms with Gasteiger partial charge in [0.15, 0.2) is 6.61 Å². The Morgan fingerprint density at radius 2 is 2.08 bits per heavy atom. The number of amides is 1. The minimum absolute atomic E-state index is 0.00844. The molecule has 2 fully saturated rings. The highest BCUT2D eigenvalue weighted by Gasteiger charge is 2.53. The van der Waals surface area contributed by atoms with Crippen molar-refractivity contribution >= 4 is 64.5 Å². The summed E-state index contributed by atoms with van der Waals surface area (Å²) >= 11 is 10.1. The van der Waals surface area contributed by atoms with Crippen LogP contribution in [0.4, 0.5) is 5.69 Å². The lowest BCUT2D eigenvalue weighted by atomic mass is 9.75. The predicted molar refractivity (Wildman–Crippen MR) is 153 cm³/mol. The van der Waals surface area contributed by atoms with Crippen LogP contribution in [0.1, 0.15) is 51.3 Å². The molecule has 190 valence electrons. The van der Waals surface area contributed by atoms with Crippen LogP contribution in [0.3, 0.4) is 0 Å². The summed E-state index contributed by atoms with van der Waals surface area (Å²) in [5.41, 5.74) is 2.96. The molecule has 1 atom stereocenters. The van der Waals surface area contributed by atoms with Gasteiger partial charge in [-0.1, -0.05) is 31.7 Å². The second kappa shape index (κ2) is 9.14. The number of nitrogens with zero attached hydrogens (tertiary/aromatic N) is 2. The summed E-state index contributed by atoms with van der Waals surface area (Å²) in [6.45, 7) is 7.68. The van der Waals surface area contributed by atoms with Crippen molar-refractivity contribution in [2.75, 3.05) is 18.1 Å². The molecule has 1 spiro atoms. The molecular weight excluding hydrogens is 531 g/mol. The summed E-state index contributed by atoms with van der Waals surface area (Å²) in [5.74, 6) is 2.80. The van der Waals surface area contributed by atoms with Gasteiger partial charge in [-0.05, 0) is 70.5 Å². The second-order valence-corrected chi connectivity index (χ2v) is 15.5. The number of hydrogen-bond acceptors (Lipinski definition) is 6. The third-order valence-corrected chi connectivity index (χ3v) is 11.1. The Kier molecular flexibility index (Phi) is 6.34. The van der Waals surface area contributed by atoms with Crippen molar-refractivity contribution in [2.45, 2.75) is 69.4 Å². The lowest BCUT2D eigenvalue weighted by Gasteiger charge is -2.46. The molecule has 0 radical (unpaired) electrons. The molecule has 3 aliphatic rings. The zero-order chi connectivity index (χ0) is 25.2. The van der Waals surface area contributed by atoms with Gasteiger partial charge in [0.25, 0.3) is 5.91 Å². The highest BCUT2D eigenvalue weighted by atomic mass is 35.5. The van der Waals surface area contributed by atoms with Gasteiger partial charge in [0, 0.05) is 53.7 Å². The minimum Gasteiger partial charge on any atom is -0.481 e. The quantitative estimate of drug-likeness (QED) is 0.336. The van der Waals surface area contributed by atoms with Gasteiger partial charge < -0.3 is 14.7 Å². The highest BCUT2D eigenvalue weighted by Crippen LogP contribution is 2.54. The van der Waals surface area contributed by atoms with E-state index in [1.807, 2.05) is 29.0 Å². The molecular formula is C27H30ClN2O3PS2. The van der Waals surface area contributed by atoms with Gasteiger partial charge in [-0.2, -0.15) is 0 Å². The molecule has 2 aromatic heterocycles. The SMILES string of the molecule is CC(C)(C)SN1C[C@@H](N2C(=O)COc3cc(Cl)cc(-c4ccpc5cc(CO)sc45)c32)CC12CCC2. The monoisotopic (exact) mass is 560 g/mol. The number of aliphatic hydroxyl groups is 1. The van der Waals surface area contributed by atoms with Gasteiger partial charge in [0.1, 0.15) is 5.75 Å². The maximum absolute atomic E-state index is 13.6. The number of carbonyl (C=O) groups excluding carboxylic acids is 1. The Bertz CT molecular complexity index is 1350. The third kappa shape index (κ3) is 4.26. The van der Waals surface area contributed by atoms with E-state index in [1.165, 1.54) is 24.4 Å². The van der Waals surface area contributed by atoms with Crippen LogP contribution in [-0.2, 0) is 11.4 Å². The number of rotatable bonds is 4. The van der Waals surface area contributed by atoms with Crippen molar-refractivity contribution in [1.29, 1.82) is 0 Å². The van der Waals surface area contributed by atoms with Crippen molar-refractivity contribution in [3.63, 3.8) is 0 Å². The molecule has 1 aliphatic carbocycles.